The summed E-state index contributed by atoms with van der Waals surface area (Å²) in [7, 11) is 0. The lowest BCUT2D eigenvalue weighted by atomic mass is 9.98. The number of hydrazine groups is 1. The van der Waals surface area contributed by atoms with Gasteiger partial charge in [-0.1, -0.05) is 25.3 Å². The zero-order chi connectivity index (χ0) is 11.2. The van der Waals surface area contributed by atoms with Gasteiger partial charge in [-0.25, -0.2) is 10.8 Å². The first-order chi connectivity index (χ1) is 7.88. The monoisotopic (exact) mass is 221 g/mol. The number of nitrogen functional groups attached to an aromatic ring is 1. The normalized spacial score (nSPS) is 17.3. The number of nitrogens with one attached hydrogen (secondary N) is 1. The van der Waals surface area contributed by atoms with E-state index in [0.29, 0.717) is 18.5 Å². The Kier molecular flexibility index (Phi) is 4.13. The number of hydrogen-bond donors (Lipinski definition) is 2. The van der Waals surface area contributed by atoms with Gasteiger partial charge in [0, 0.05) is 6.20 Å². The zero-order valence-corrected chi connectivity index (χ0v) is 9.48. The predicted molar refractivity (Wildman–Crippen MR) is 63.7 cm³/mol. The molecule has 0 aliphatic heterocycles. The summed E-state index contributed by atoms with van der Waals surface area (Å²) in [6.07, 6.45) is 8.63. The van der Waals surface area contributed by atoms with Gasteiger partial charge in [-0.05, 0) is 24.5 Å². The van der Waals surface area contributed by atoms with Crippen LogP contribution in [0.1, 0.15) is 37.7 Å². The third kappa shape index (κ3) is 3.18. The van der Waals surface area contributed by atoms with Crippen molar-refractivity contribution in [1.29, 1.82) is 0 Å². The van der Waals surface area contributed by atoms with Crippen LogP contribution in [0.3, 0.4) is 0 Å². The van der Waals surface area contributed by atoms with E-state index >= 15 is 0 Å². The van der Waals surface area contributed by atoms with E-state index in [9.17, 15) is 0 Å². The van der Waals surface area contributed by atoms with E-state index in [1.54, 1.807) is 6.20 Å². The van der Waals surface area contributed by atoms with E-state index in [2.05, 4.69) is 10.4 Å². The van der Waals surface area contributed by atoms with Crippen molar-refractivity contribution in [2.45, 2.75) is 44.8 Å². The first kappa shape index (κ1) is 11.4. The Hall–Kier alpha value is -1.13. The summed E-state index contributed by atoms with van der Waals surface area (Å²) in [6.45, 7) is 0.655. The molecule has 0 amide bonds. The minimum Gasteiger partial charge on any atom is -0.373 e. The highest BCUT2D eigenvalue weighted by atomic mass is 16.5. The third-order valence-electron chi connectivity index (χ3n) is 3.01. The Morgan fingerprint density at radius 1 is 1.31 bits per heavy atom. The maximum Gasteiger partial charge on any atom is 0.139 e. The Morgan fingerprint density at radius 3 is 2.75 bits per heavy atom. The van der Waals surface area contributed by atoms with Gasteiger partial charge in [-0.3, -0.25) is 0 Å². The largest absolute Gasteiger partial charge is 0.373 e. The van der Waals surface area contributed by atoms with E-state index in [0.717, 1.165) is 5.56 Å². The fourth-order valence-electron chi connectivity index (χ4n) is 2.04. The Bertz CT molecular complexity index is 307. The van der Waals surface area contributed by atoms with Crippen LogP contribution in [-0.4, -0.2) is 11.1 Å². The second-order valence-corrected chi connectivity index (χ2v) is 4.27. The second-order valence-electron chi connectivity index (χ2n) is 4.27. The SMILES string of the molecule is NNc1ccc(COC2CCCCC2)cn1. The number of ether oxygens (including phenoxy) is 1. The lowest BCUT2D eigenvalue weighted by Crippen LogP contribution is -2.16. The van der Waals surface area contributed by atoms with Crippen LogP contribution in [0.2, 0.25) is 0 Å². The highest BCUT2D eigenvalue weighted by Crippen LogP contribution is 2.21. The standard InChI is InChI=1S/C12H19N3O/c13-15-12-7-6-10(8-14-12)9-16-11-4-2-1-3-5-11/h6-8,11H,1-5,9,13H2,(H,14,15). The summed E-state index contributed by atoms with van der Waals surface area (Å²) in [6, 6.07) is 3.85. The maximum atomic E-state index is 5.85. The number of anilines is 1. The molecule has 1 aliphatic carbocycles. The fourth-order valence-corrected chi connectivity index (χ4v) is 2.04. The number of rotatable bonds is 4. The van der Waals surface area contributed by atoms with E-state index in [-0.39, 0.29) is 0 Å². The predicted octanol–water partition coefficient (Wildman–Crippen LogP) is 2.22. The molecule has 16 heavy (non-hydrogen) atoms. The molecule has 1 aromatic rings. The number of pyridine rings is 1. The minimum atomic E-state index is 0.445. The molecule has 1 aromatic heterocycles. The van der Waals surface area contributed by atoms with Crippen LogP contribution in [0.5, 0.6) is 0 Å². The highest BCUT2D eigenvalue weighted by Gasteiger charge is 2.13. The van der Waals surface area contributed by atoms with Crippen LogP contribution >= 0.6 is 0 Å². The lowest BCUT2D eigenvalue weighted by molar-refractivity contribution is 0.0167. The summed E-state index contributed by atoms with van der Waals surface area (Å²) in [5.74, 6) is 5.93. The average Bonchev–Trinajstić information content (AvgIpc) is 2.38. The third-order valence-corrected chi connectivity index (χ3v) is 3.01. The number of aromatic nitrogens is 1. The van der Waals surface area contributed by atoms with Crippen molar-refractivity contribution in [3.05, 3.63) is 23.9 Å². The molecule has 1 aliphatic rings. The molecule has 3 N–H and O–H groups in total. The Balaban J connectivity index is 1.79. The summed E-state index contributed by atoms with van der Waals surface area (Å²) in [5.41, 5.74) is 3.61. The number of nitrogens with two attached hydrogens (primary N) is 1. The molecule has 0 atom stereocenters. The molecule has 1 saturated carbocycles. The first-order valence-corrected chi connectivity index (χ1v) is 5.91. The molecular weight excluding hydrogens is 202 g/mol. The van der Waals surface area contributed by atoms with Crippen molar-refractivity contribution >= 4 is 5.82 Å². The van der Waals surface area contributed by atoms with Gasteiger partial charge < -0.3 is 10.2 Å². The first-order valence-electron chi connectivity index (χ1n) is 5.91. The summed E-state index contributed by atoms with van der Waals surface area (Å²) >= 11 is 0. The molecule has 0 radical (unpaired) electrons. The van der Waals surface area contributed by atoms with E-state index in [1.165, 1.54) is 32.1 Å². The smallest absolute Gasteiger partial charge is 0.139 e. The molecule has 1 fully saturated rings. The van der Waals surface area contributed by atoms with Crippen LogP contribution < -0.4 is 11.3 Å². The van der Waals surface area contributed by atoms with Gasteiger partial charge in [0.05, 0.1) is 12.7 Å². The summed E-state index contributed by atoms with van der Waals surface area (Å²) < 4.78 is 5.85. The molecule has 2 rings (SSSR count). The molecule has 1 heterocycles. The van der Waals surface area contributed by atoms with Crippen LogP contribution in [0.25, 0.3) is 0 Å². The van der Waals surface area contributed by atoms with Gasteiger partial charge in [0.15, 0.2) is 0 Å². The van der Waals surface area contributed by atoms with E-state index in [4.69, 9.17) is 10.6 Å². The van der Waals surface area contributed by atoms with Gasteiger partial charge in [-0.2, -0.15) is 0 Å². The van der Waals surface area contributed by atoms with Gasteiger partial charge in [0.25, 0.3) is 0 Å². The van der Waals surface area contributed by atoms with Crippen molar-refractivity contribution in [2.75, 3.05) is 5.43 Å². The summed E-state index contributed by atoms with van der Waals surface area (Å²) in [4.78, 5) is 4.14. The van der Waals surface area contributed by atoms with Crippen molar-refractivity contribution in [3.8, 4) is 0 Å². The maximum absolute atomic E-state index is 5.85. The highest BCUT2D eigenvalue weighted by molar-refractivity contribution is 5.33. The van der Waals surface area contributed by atoms with Gasteiger partial charge in [-0.15, -0.1) is 0 Å². The molecule has 0 bridgehead atoms. The Morgan fingerprint density at radius 2 is 2.12 bits per heavy atom. The molecule has 0 aromatic carbocycles. The van der Waals surface area contributed by atoms with Crippen molar-refractivity contribution in [2.24, 2.45) is 5.84 Å². The lowest BCUT2D eigenvalue weighted by Gasteiger charge is -2.21. The van der Waals surface area contributed by atoms with Crippen LogP contribution in [0.4, 0.5) is 5.82 Å². The van der Waals surface area contributed by atoms with Crippen molar-refractivity contribution in [3.63, 3.8) is 0 Å². The Labute approximate surface area is 96.2 Å². The summed E-state index contributed by atoms with van der Waals surface area (Å²) in [5, 5.41) is 0. The molecule has 0 unspecified atom stereocenters. The minimum absolute atomic E-state index is 0.445. The van der Waals surface area contributed by atoms with Crippen LogP contribution in [0.15, 0.2) is 18.3 Å². The molecule has 0 spiro atoms. The van der Waals surface area contributed by atoms with Gasteiger partial charge in [0.2, 0.25) is 0 Å². The van der Waals surface area contributed by atoms with E-state index < -0.39 is 0 Å². The number of hydrogen-bond acceptors (Lipinski definition) is 4. The van der Waals surface area contributed by atoms with Gasteiger partial charge in [0.1, 0.15) is 5.82 Å². The molecule has 0 saturated heterocycles. The quantitative estimate of drug-likeness (QED) is 0.604. The molecular formula is C12H19N3O. The fraction of sp³-hybridized carbons (Fsp3) is 0.583. The molecule has 88 valence electrons. The van der Waals surface area contributed by atoms with Crippen LogP contribution in [-0.2, 0) is 11.3 Å². The van der Waals surface area contributed by atoms with E-state index in [1.807, 2.05) is 12.1 Å². The van der Waals surface area contributed by atoms with Crippen molar-refractivity contribution < 1.29 is 4.74 Å². The van der Waals surface area contributed by atoms with Crippen LogP contribution in [0, 0.1) is 0 Å². The zero-order valence-electron chi connectivity index (χ0n) is 9.48. The average molecular weight is 221 g/mol. The second kappa shape index (κ2) is 5.82. The van der Waals surface area contributed by atoms with Crippen molar-refractivity contribution in [1.82, 2.24) is 4.98 Å². The topological polar surface area (TPSA) is 60.2 Å². The molecule has 4 heteroatoms. The number of nitrogens with zero attached hydrogens (tertiary/aromatic N) is 1. The van der Waals surface area contributed by atoms with Gasteiger partial charge >= 0.3 is 0 Å². The molecule has 4 nitrogen and oxygen atoms in total.